The van der Waals surface area contributed by atoms with Crippen LogP contribution in [0.15, 0.2) is 42.5 Å². The third-order valence-electron chi connectivity index (χ3n) is 6.67. The number of carbonyl (C=O) groups excluding carboxylic acids is 4. The summed E-state index contributed by atoms with van der Waals surface area (Å²) in [7, 11) is 0. The summed E-state index contributed by atoms with van der Waals surface area (Å²) in [6, 6.07) is 9.38. The number of aromatic hydroxyl groups is 1. The lowest BCUT2D eigenvalue weighted by Gasteiger charge is -2.30. The first kappa shape index (κ1) is 42.6. The van der Waals surface area contributed by atoms with Crippen molar-refractivity contribution in [3.05, 3.63) is 59.2 Å². The number of nitrogens with two attached hydrogens (primary N) is 1. The molecule has 0 spiro atoms. The van der Waals surface area contributed by atoms with Crippen LogP contribution in [0.5, 0.6) is 11.5 Å². The van der Waals surface area contributed by atoms with E-state index in [0.717, 1.165) is 0 Å². The third-order valence-corrected chi connectivity index (χ3v) is 6.67. The van der Waals surface area contributed by atoms with Gasteiger partial charge in [0, 0.05) is 25.8 Å². The average molecular weight is 716 g/mol. The van der Waals surface area contributed by atoms with Crippen molar-refractivity contribution in [2.75, 3.05) is 13.2 Å². The molecule has 2 aromatic carbocycles. The molecule has 0 unspecified atom stereocenters. The van der Waals surface area contributed by atoms with Crippen LogP contribution >= 0.6 is 0 Å². The Labute approximate surface area is 301 Å². The highest BCUT2D eigenvalue weighted by Crippen LogP contribution is 2.28. The molecule has 284 valence electrons. The lowest BCUT2D eigenvalue weighted by molar-refractivity contribution is -0.159. The molecule has 13 nitrogen and oxygen atoms in total. The molecular formula is C38H57N3O10. The molecule has 0 radical (unpaired) electrons. The van der Waals surface area contributed by atoms with E-state index in [1.54, 1.807) is 100 Å². The number of rotatable bonds is 14. The fourth-order valence-corrected chi connectivity index (χ4v) is 4.81. The molecule has 2 amide bonds. The van der Waals surface area contributed by atoms with E-state index in [9.17, 15) is 24.3 Å². The van der Waals surface area contributed by atoms with Gasteiger partial charge in [-0.1, -0.05) is 24.3 Å². The summed E-state index contributed by atoms with van der Waals surface area (Å²) in [4.78, 5) is 52.4. The Balaban J connectivity index is 2.40. The van der Waals surface area contributed by atoms with Gasteiger partial charge in [-0.2, -0.15) is 0 Å². The number of alkyl carbamates (subject to hydrolysis) is 2. The minimum atomic E-state index is -1.13. The van der Waals surface area contributed by atoms with Crippen LogP contribution in [0, 0.1) is 0 Å². The van der Waals surface area contributed by atoms with Crippen LogP contribution in [-0.4, -0.2) is 76.9 Å². The SMILES string of the molecule is CC(C)(C)OC(=O)N[C@@H](Cc1ccc(OCCN)c(CC(C)(C)OC(=O)[C@H](Cc2ccc(O)cc2)NC(=O)OC(C)(C)C)c1)C(=O)OC(C)(C)C. The Morgan fingerprint density at radius 2 is 1.12 bits per heavy atom. The molecule has 0 aromatic heterocycles. The van der Waals surface area contributed by atoms with E-state index in [4.69, 9.17) is 29.4 Å². The van der Waals surface area contributed by atoms with E-state index < -0.39 is 58.6 Å². The predicted molar refractivity (Wildman–Crippen MR) is 193 cm³/mol. The smallest absolute Gasteiger partial charge is 0.408 e. The molecule has 2 rings (SSSR count). The Hall–Kier alpha value is -4.52. The molecule has 0 saturated heterocycles. The molecule has 0 bridgehead atoms. The van der Waals surface area contributed by atoms with E-state index in [0.29, 0.717) is 22.4 Å². The van der Waals surface area contributed by atoms with Crippen molar-refractivity contribution >= 4 is 24.1 Å². The lowest BCUT2D eigenvalue weighted by atomic mass is 9.94. The maximum absolute atomic E-state index is 13.7. The van der Waals surface area contributed by atoms with E-state index in [2.05, 4.69) is 10.6 Å². The molecule has 13 heteroatoms. The van der Waals surface area contributed by atoms with Gasteiger partial charge in [0.1, 0.15) is 52.6 Å². The maximum Gasteiger partial charge on any atom is 0.408 e. The third kappa shape index (κ3) is 16.8. The normalized spacial score (nSPS) is 13.3. The van der Waals surface area contributed by atoms with E-state index in [-0.39, 0.29) is 38.2 Å². The second-order valence-corrected chi connectivity index (χ2v) is 15.9. The quantitative estimate of drug-likeness (QED) is 0.143. The van der Waals surface area contributed by atoms with Crippen molar-refractivity contribution in [1.29, 1.82) is 0 Å². The summed E-state index contributed by atoms with van der Waals surface area (Å²) in [5.74, 6) is -0.780. The van der Waals surface area contributed by atoms with Gasteiger partial charge < -0.3 is 45.2 Å². The fraction of sp³-hybridized carbons (Fsp3) is 0.579. The van der Waals surface area contributed by atoms with Crippen molar-refractivity contribution in [2.24, 2.45) is 5.73 Å². The van der Waals surface area contributed by atoms with Crippen molar-refractivity contribution < 1.29 is 48.0 Å². The fourth-order valence-electron chi connectivity index (χ4n) is 4.81. The minimum absolute atomic E-state index is 0.0621. The maximum atomic E-state index is 13.7. The number of hydrogen-bond acceptors (Lipinski definition) is 11. The Bertz CT molecular complexity index is 1490. The van der Waals surface area contributed by atoms with Gasteiger partial charge in [0.2, 0.25) is 0 Å². The standard InChI is InChI=1S/C38H57N3O10/c1-35(2,3)48-31(43)29(41-34(46)51-37(7,8)9)22-25-14-17-30(47-19-18-39)26(20-25)23-38(10,11)49-32(44)28(40-33(45)50-36(4,5)6)21-24-12-15-27(42)16-13-24/h12-17,20,28-29,42H,18-19,21-23,39H2,1-11H3,(H,40,45)(H,41,46)/t28-,29-/m0/s1. The summed E-state index contributed by atoms with van der Waals surface area (Å²) < 4.78 is 28.3. The molecule has 2 atom stereocenters. The van der Waals surface area contributed by atoms with Gasteiger partial charge in [0.15, 0.2) is 0 Å². The zero-order chi connectivity index (χ0) is 38.8. The molecule has 0 fully saturated rings. The summed E-state index contributed by atoms with van der Waals surface area (Å²) in [5, 5.41) is 15.0. The summed E-state index contributed by atoms with van der Waals surface area (Å²) in [6.45, 7) is 19.4. The Morgan fingerprint density at radius 3 is 1.59 bits per heavy atom. The number of amides is 2. The van der Waals surface area contributed by atoms with Gasteiger partial charge >= 0.3 is 24.1 Å². The van der Waals surface area contributed by atoms with Gasteiger partial charge in [-0.15, -0.1) is 0 Å². The van der Waals surface area contributed by atoms with E-state index >= 15 is 0 Å². The zero-order valence-electron chi connectivity index (χ0n) is 31.9. The molecule has 2 aromatic rings. The average Bonchev–Trinajstić information content (AvgIpc) is 2.94. The van der Waals surface area contributed by atoms with E-state index in [1.807, 2.05) is 6.07 Å². The molecular weight excluding hydrogens is 658 g/mol. The second kappa shape index (κ2) is 17.6. The largest absolute Gasteiger partial charge is 0.508 e. The summed E-state index contributed by atoms with van der Waals surface area (Å²) in [5.41, 5.74) is 4.19. The Morgan fingerprint density at radius 1 is 0.667 bits per heavy atom. The minimum Gasteiger partial charge on any atom is -0.508 e. The van der Waals surface area contributed by atoms with E-state index in [1.165, 1.54) is 12.1 Å². The first-order valence-corrected chi connectivity index (χ1v) is 17.0. The monoisotopic (exact) mass is 715 g/mol. The molecule has 0 saturated carbocycles. The highest BCUT2D eigenvalue weighted by molar-refractivity contribution is 5.83. The highest BCUT2D eigenvalue weighted by atomic mass is 16.6. The van der Waals surface area contributed by atoms with Crippen molar-refractivity contribution in [2.45, 2.75) is 130 Å². The topological polar surface area (TPSA) is 185 Å². The van der Waals surface area contributed by atoms with Gasteiger partial charge in [-0.25, -0.2) is 19.2 Å². The second-order valence-electron chi connectivity index (χ2n) is 15.9. The first-order chi connectivity index (χ1) is 23.3. The van der Waals surface area contributed by atoms with Crippen LogP contribution in [0.1, 0.15) is 92.9 Å². The predicted octanol–water partition coefficient (Wildman–Crippen LogP) is 5.51. The van der Waals surface area contributed by atoms with Gasteiger partial charge in [0.25, 0.3) is 0 Å². The van der Waals surface area contributed by atoms with Crippen LogP contribution in [0.2, 0.25) is 0 Å². The molecule has 5 N–H and O–H groups in total. The van der Waals surface area contributed by atoms with Crippen molar-refractivity contribution in [1.82, 2.24) is 10.6 Å². The summed E-state index contributed by atoms with van der Waals surface area (Å²) >= 11 is 0. The number of hydrogen-bond donors (Lipinski definition) is 4. The molecule has 0 aliphatic carbocycles. The molecule has 0 aliphatic heterocycles. The number of ether oxygens (including phenoxy) is 5. The number of phenolic OH excluding ortho intramolecular Hbond substituents is 1. The highest BCUT2D eigenvalue weighted by Gasteiger charge is 2.33. The molecule has 51 heavy (non-hydrogen) atoms. The van der Waals surface area contributed by atoms with Crippen molar-refractivity contribution in [3.63, 3.8) is 0 Å². The molecule has 0 heterocycles. The van der Waals surface area contributed by atoms with Gasteiger partial charge in [0.05, 0.1) is 0 Å². The van der Waals surface area contributed by atoms with Crippen LogP contribution in [0.25, 0.3) is 0 Å². The van der Waals surface area contributed by atoms with Crippen molar-refractivity contribution in [3.8, 4) is 11.5 Å². The van der Waals surface area contributed by atoms with Crippen LogP contribution in [0.4, 0.5) is 9.59 Å². The van der Waals surface area contributed by atoms with Crippen LogP contribution < -0.4 is 21.1 Å². The number of benzene rings is 2. The Kier molecular flexibility index (Phi) is 14.7. The summed E-state index contributed by atoms with van der Waals surface area (Å²) in [6.07, 6.45) is -1.25. The number of nitrogens with one attached hydrogen (secondary N) is 2. The lowest BCUT2D eigenvalue weighted by Crippen LogP contribution is -2.48. The number of phenols is 1. The van der Waals surface area contributed by atoms with Crippen LogP contribution in [-0.2, 0) is 47.8 Å². The van der Waals surface area contributed by atoms with Crippen LogP contribution in [0.3, 0.4) is 0 Å². The molecule has 0 aliphatic rings. The number of carbonyl (C=O) groups is 4. The first-order valence-electron chi connectivity index (χ1n) is 17.0. The van der Waals surface area contributed by atoms with Gasteiger partial charge in [-0.05, 0) is 111 Å². The number of esters is 2. The van der Waals surface area contributed by atoms with Gasteiger partial charge in [-0.3, -0.25) is 0 Å². The zero-order valence-corrected chi connectivity index (χ0v) is 31.9.